The molecule has 31 heavy (non-hydrogen) atoms. The zero-order valence-corrected chi connectivity index (χ0v) is 18.8. The number of benzene rings is 2. The highest BCUT2D eigenvalue weighted by molar-refractivity contribution is 5.63. The quantitative estimate of drug-likeness (QED) is 0.649. The van der Waals surface area contributed by atoms with Crippen LogP contribution in [0.25, 0.3) is 11.1 Å². The lowest BCUT2D eigenvalue weighted by Crippen LogP contribution is -2.50. The van der Waals surface area contributed by atoms with Crippen LogP contribution in [0.4, 0.5) is 0 Å². The highest BCUT2D eigenvalue weighted by Crippen LogP contribution is 2.25. The fraction of sp³-hybridized carbons (Fsp3) is 0.556. The van der Waals surface area contributed by atoms with Gasteiger partial charge in [0.05, 0.1) is 19.3 Å². The maximum atomic E-state index is 10.4. The second kappa shape index (κ2) is 11.8. The van der Waals surface area contributed by atoms with Crippen molar-refractivity contribution in [3.05, 3.63) is 60.2 Å². The van der Waals surface area contributed by atoms with Crippen molar-refractivity contribution in [3.8, 4) is 11.1 Å². The molecule has 1 aliphatic heterocycles. The summed E-state index contributed by atoms with van der Waals surface area (Å²) in [5.74, 6) is 0.918. The molecule has 0 unspecified atom stereocenters. The summed E-state index contributed by atoms with van der Waals surface area (Å²) in [6.45, 7) is 7.32. The second-order valence-electron chi connectivity index (χ2n) is 9.34. The van der Waals surface area contributed by atoms with E-state index < -0.39 is 6.10 Å². The van der Waals surface area contributed by atoms with Crippen LogP contribution in [0.5, 0.6) is 0 Å². The van der Waals surface area contributed by atoms with E-state index in [0.29, 0.717) is 19.8 Å². The van der Waals surface area contributed by atoms with Crippen molar-refractivity contribution < 1.29 is 9.84 Å². The van der Waals surface area contributed by atoms with Crippen molar-refractivity contribution >= 4 is 0 Å². The average molecular weight is 423 g/mol. The lowest BCUT2D eigenvalue weighted by atomic mass is 9.89. The molecule has 168 valence electrons. The Balaban J connectivity index is 1.11. The van der Waals surface area contributed by atoms with E-state index in [-0.39, 0.29) is 0 Å². The third-order valence-electron chi connectivity index (χ3n) is 6.82. The lowest BCUT2D eigenvalue weighted by molar-refractivity contribution is 0.0000798. The molecule has 1 saturated heterocycles. The molecule has 4 nitrogen and oxygen atoms in total. The van der Waals surface area contributed by atoms with E-state index in [4.69, 9.17) is 4.74 Å². The standard InChI is InChI=1S/C27H38N2O2/c30-27(20-29-17-15-28(16-18-29)19-23-7-3-1-4-8-23)22-31-21-24-11-13-26(14-12-24)25-9-5-2-6-10-25/h2,5-6,9-14,23,27,30H,1,3-4,7-8,15-22H2/t27-/m0/s1. The number of nitrogens with zero attached hydrogens (tertiary/aromatic N) is 2. The Morgan fingerprint density at radius 2 is 1.45 bits per heavy atom. The SMILES string of the molecule is O[C@H](COCc1ccc(-c2ccccc2)cc1)CN1CCN(CC2CCCCC2)CC1. The molecule has 1 atom stereocenters. The van der Waals surface area contributed by atoms with Crippen molar-refractivity contribution in [3.63, 3.8) is 0 Å². The van der Waals surface area contributed by atoms with Crippen molar-refractivity contribution in [2.75, 3.05) is 45.9 Å². The average Bonchev–Trinajstić information content (AvgIpc) is 2.82. The van der Waals surface area contributed by atoms with E-state index in [9.17, 15) is 5.11 Å². The number of hydrogen-bond donors (Lipinski definition) is 1. The largest absolute Gasteiger partial charge is 0.389 e. The molecule has 1 heterocycles. The van der Waals surface area contributed by atoms with E-state index in [0.717, 1.165) is 37.7 Å². The Bertz CT molecular complexity index is 751. The molecule has 2 aromatic carbocycles. The van der Waals surface area contributed by atoms with Crippen LogP contribution < -0.4 is 0 Å². The molecule has 4 rings (SSSR count). The Labute approximate surface area is 187 Å². The number of hydrogen-bond acceptors (Lipinski definition) is 4. The molecule has 2 aromatic rings. The van der Waals surface area contributed by atoms with Crippen LogP contribution in [0.2, 0.25) is 0 Å². The molecular formula is C27H38N2O2. The van der Waals surface area contributed by atoms with Gasteiger partial charge in [-0.15, -0.1) is 0 Å². The Kier molecular flexibility index (Phi) is 8.53. The molecule has 1 saturated carbocycles. The first-order chi connectivity index (χ1) is 15.3. The summed E-state index contributed by atoms with van der Waals surface area (Å²) in [6.07, 6.45) is 6.70. The predicted molar refractivity (Wildman–Crippen MR) is 127 cm³/mol. The highest BCUT2D eigenvalue weighted by atomic mass is 16.5. The summed E-state index contributed by atoms with van der Waals surface area (Å²) in [7, 11) is 0. The van der Waals surface area contributed by atoms with E-state index in [1.54, 1.807) is 0 Å². The van der Waals surface area contributed by atoms with Gasteiger partial charge in [-0.25, -0.2) is 0 Å². The smallest absolute Gasteiger partial charge is 0.0900 e. The molecule has 2 aliphatic rings. The first-order valence-corrected chi connectivity index (χ1v) is 12.1. The zero-order valence-electron chi connectivity index (χ0n) is 18.8. The molecule has 2 fully saturated rings. The van der Waals surface area contributed by atoms with Gasteiger partial charge in [-0.05, 0) is 35.4 Å². The van der Waals surface area contributed by atoms with Gasteiger partial charge in [0, 0.05) is 39.3 Å². The molecule has 0 radical (unpaired) electrons. The Hall–Kier alpha value is -1.72. The molecule has 0 amide bonds. The molecule has 1 N–H and O–H groups in total. The number of aliphatic hydroxyl groups excluding tert-OH is 1. The van der Waals surface area contributed by atoms with Crippen molar-refractivity contribution in [2.45, 2.75) is 44.8 Å². The van der Waals surface area contributed by atoms with Gasteiger partial charge < -0.3 is 14.7 Å². The minimum atomic E-state index is -0.423. The number of rotatable bonds is 9. The van der Waals surface area contributed by atoms with Crippen LogP contribution >= 0.6 is 0 Å². The topological polar surface area (TPSA) is 35.9 Å². The minimum absolute atomic E-state index is 0.392. The summed E-state index contributed by atoms with van der Waals surface area (Å²) in [5, 5.41) is 10.4. The van der Waals surface area contributed by atoms with Gasteiger partial charge in [0.25, 0.3) is 0 Å². The normalized spacial score (nSPS) is 20.0. The number of ether oxygens (including phenoxy) is 1. The molecule has 0 spiro atoms. The molecule has 1 aliphatic carbocycles. The highest BCUT2D eigenvalue weighted by Gasteiger charge is 2.22. The van der Waals surface area contributed by atoms with E-state index in [2.05, 4.69) is 58.3 Å². The van der Waals surface area contributed by atoms with Gasteiger partial charge in [-0.1, -0.05) is 73.9 Å². The lowest BCUT2D eigenvalue weighted by Gasteiger charge is -2.37. The van der Waals surface area contributed by atoms with Crippen LogP contribution in [0.15, 0.2) is 54.6 Å². The summed E-state index contributed by atoms with van der Waals surface area (Å²) in [5.41, 5.74) is 3.58. The van der Waals surface area contributed by atoms with Crippen molar-refractivity contribution in [2.24, 2.45) is 5.92 Å². The fourth-order valence-electron chi connectivity index (χ4n) is 4.98. The van der Waals surface area contributed by atoms with E-state index in [1.165, 1.54) is 49.8 Å². The van der Waals surface area contributed by atoms with Gasteiger partial charge in [0.15, 0.2) is 0 Å². The summed E-state index contributed by atoms with van der Waals surface area (Å²) >= 11 is 0. The van der Waals surface area contributed by atoms with Gasteiger partial charge >= 0.3 is 0 Å². The first kappa shape index (κ1) is 22.5. The molecule has 0 bridgehead atoms. The van der Waals surface area contributed by atoms with Crippen LogP contribution in [0.3, 0.4) is 0 Å². The molecule has 0 aromatic heterocycles. The van der Waals surface area contributed by atoms with Gasteiger partial charge in [0.1, 0.15) is 0 Å². The van der Waals surface area contributed by atoms with Crippen LogP contribution in [-0.2, 0) is 11.3 Å². The van der Waals surface area contributed by atoms with Gasteiger partial charge in [0.2, 0.25) is 0 Å². The Morgan fingerprint density at radius 3 is 2.16 bits per heavy atom. The summed E-state index contributed by atoms with van der Waals surface area (Å²) in [6, 6.07) is 18.9. The van der Waals surface area contributed by atoms with Crippen LogP contribution in [0.1, 0.15) is 37.7 Å². The molecule has 4 heteroatoms. The molecular weight excluding hydrogens is 384 g/mol. The maximum absolute atomic E-state index is 10.4. The zero-order chi connectivity index (χ0) is 21.3. The number of piperazine rings is 1. The summed E-state index contributed by atoms with van der Waals surface area (Å²) in [4.78, 5) is 5.02. The van der Waals surface area contributed by atoms with Crippen LogP contribution in [0, 0.1) is 5.92 Å². The second-order valence-corrected chi connectivity index (χ2v) is 9.34. The monoisotopic (exact) mass is 422 g/mol. The summed E-state index contributed by atoms with van der Waals surface area (Å²) < 4.78 is 5.80. The minimum Gasteiger partial charge on any atom is -0.389 e. The predicted octanol–water partition coefficient (Wildman–Crippen LogP) is 4.43. The third-order valence-corrected chi connectivity index (χ3v) is 6.82. The number of β-amino-alcohol motifs (C(OH)–C–C–N with tert-alkyl or cyclic N) is 1. The van der Waals surface area contributed by atoms with Gasteiger partial charge in [-0.3, -0.25) is 4.90 Å². The Morgan fingerprint density at radius 1 is 0.806 bits per heavy atom. The first-order valence-electron chi connectivity index (χ1n) is 12.1. The van der Waals surface area contributed by atoms with Crippen molar-refractivity contribution in [1.29, 1.82) is 0 Å². The number of aliphatic hydroxyl groups is 1. The fourth-order valence-corrected chi connectivity index (χ4v) is 4.98. The van der Waals surface area contributed by atoms with E-state index >= 15 is 0 Å². The van der Waals surface area contributed by atoms with Gasteiger partial charge in [-0.2, -0.15) is 0 Å². The van der Waals surface area contributed by atoms with Crippen molar-refractivity contribution in [1.82, 2.24) is 9.80 Å². The van der Waals surface area contributed by atoms with E-state index in [1.807, 2.05) is 6.07 Å². The third kappa shape index (κ3) is 7.15. The van der Waals surface area contributed by atoms with Crippen LogP contribution in [-0.4, -0.2) is 66.9 Å². The maximum Gasteiger partial charge on any atom is 0.0900 e.